The Balaban J connectivity index is 0.00000937. The molecule has 7 N–H and O–H groups in total. The predicted molar refractivity (Wildman–Crippen MR) is 271 cm³/mol. The van der Waals surface area contributed by atoms with Crippen LogP contribution in [0, 0.1) is 37.0 Å². The fourth-order valence-electron chi connectivity index (χ4n) is 9.17. The van der Waals surface area contributed by atoms with Crippen LogP contribution in [0.3, 0.4) is 0 Å². The number of nitriles is 1. The summed E-state index contributed by atoms with van der Waals surface area (Å²) in [5, 5.41) is 28.5. The number of aromatic nitrogens is 2. The first-order valence-corrected chi connectivity index (χ1v) is 25.1. The number of hydrogen-bond donors (Lipinski definition) is 5. The number of likely N-dealkylation sites (N-methyl/N-ethyl adjacent to an activating group) is 1. The lowest BCUT2D eigenvalue weighted by Crippen LogP contribution is -2.46. The molecular formula is C51H64N8O10S2. The molecule has 1 fully saturated rings. The monoisotopic (exact) mass is 1010 g/mol. The largest absolute Gasteiger partial charge is 0.507 e. The number of aromatic hydroxyl groups is 1. The Morgan fingerprint density at radius 2 is 1.68 bits per heavy atom. The molecule has 380 valence electrons. The van der Waals surface area contributed by atoms with Gasteiger partial charge in [0.05, 0.1) is 35.2 Å². The van der Waals surface area contributed by atoms with Gasteiger partial charge < -0.3 is 30.5 Å². The summed E-state index contributed by atoms with van der Waals surface area (Å²) >= 11 is 0. The van der Waals surface area contributed by atoms with Gasteiger partial charge in [-0.05, 0) is 112 Å². The number of amides is 2. The van der Waals surface area contributed by atoms with E-state index in [-0.39, 0.29) is 93.2 Å². The van der Waals surface area contributed by atoms with Crippen LogP contribution in [0.1, 0.15) is 110 Å². The maximum absolute atomic E-state index is 15.0. The number of phenolic OH excluding ortho intramolecular Hbond substituents is 1. The molecule has 0 saturated heterocycles. The van der Waals surface area contributed by atoms with Crippen molar-refractivity contribution in [2.75, 3.05) is 26.7 Å². The van der Waals surface area contributed by atoms with Gasteiger partial charge in [-0.3, -0.25) is 24.0 Å². The Morgan fingerprint density at radius 3 is 2.32 bits per heavy atom. The summed E-state index contributed by atoms with van der Waals surface area (Å²) in [6.45, 7) is 4.75. The van der Waals surface area contributed by atoms with Crippen LogP contribution >= 0.6 is 13.5 Å². The van der Waals surface area contributed by atoms with Gasteiger partial charge >= 0.3 is 0 Å². The molecule has 0 radical (unpaired) electrons. The number of carbonyl (C=O) groups excluding carboxylic acids is 5. The van der Waals surface area contributed by atoms with Crippen LogP contribution in [0.15, 0.2) is 60.7 Å². The minimum absolute atomic E-state index is 0. The highest BCUT2D eigenvalue weighted by Crippen LogP contribution is 2.40. The fourth-order valence-corrected chi connectivity index (χ4v) is 9.57. The summed E-state index contributed by atoms with van der Waals surface area (Å²) in [5.41, 5.74) is 8.81. The summed E-state index contributed by atoms with van der Waals surface area (Å²) in [7, 11) is -2.83. The van der Waals surface area contributed by atoms with Gasteiger partial charge in [0.15, 0.2) is 23.2 Å². The van der Waals surface area contributed by atoms with Gasteiger partial charge in [0.2, 0.25) is 11.8 Å². The van der Waals surface area contributed by atoms with Crippen molar-refractivity contribution < 1.29 is 47.0 Å². The Hall–Kier alpha value is -6.24. The van der Waals surface area contributed by atoms with Crippen LogP contribution in [0.4, 0.5) is 0 Å². The standard InChI is InChI=1S/C51H62N8O10S.H2S/c1-30-25-45(63)48(35-15-19-46(68-24-22-53)40(28-35)39-26-33(12-18-42(39)60)27-41(58-50(30)64)43(61)11-8-21-52)59(4)51(65)36(20-23-55-70(54,66)67)29-44(62)47-31(2)56-49(57-32(47)3)34-13-16-38(17-14-34)69-37-9-6-5-7-10-37;/h12-19,26,28,30,36-37,41,48,55,60H,5-11,20,22-25,27,29,53H2,1-4H3,(H,58,64)(H2,54,66,67);1H2/t30-,36-,41+,48+;/m1./s1. The molecular weight excluding hydrogens is 949 g/mol. The first-order chi connectivity index (χ1) is 33.4. The number of rotatable bonds is 18. The van der Waals surface area contributed by atoms with E-state index in [1.807, 2.05) is 30.3 Å². The molecule has 4 bridgehead atoms. The van der Waals surface area contributed by atoms with E-state index in [0.29, 0.717) is 33.9 Å². The SMILES string of the molecule is Cc1nc(-c2ccc(OC3CCCCC3)cc2)nc(C)c1C(=O)C[C@@H](CCNS(N)(=O)=O)C(=O)N(C)[C@@H]1C(=O)C[C@@H](C)C(=O)N[C@H](C(=O)CCC#N)Cc2ccc(O)c(c2)-c2cc1ccc2OCCN.S. The number of benzene rings is 3. The number of nitrogens with zero attached hydrogens (tertiary/aromatic N) is 4. The van der Waals surface area contributed by atoms with E-state index in [1.54, 1.807) is 44.2 Å². The van der Waals surface area contributed by atoms with Gasteiger partial charge in [-0.1, -0.05) is 25.5 Å². The highest BCUT2D eigenvalue weighted by atomic mass is 32.2. The summed E-state index contributed by atoms with van der Waals surface area (Å²) in [4.78, 5) is 81.8. The highest BCUT2D eigenvalue weighted by Gasteiger charge is 2.37. The second-order valence-corrected chi connectivity index (χ2v) is 19.5. The van der Waals surface area contributed by atoms with Gasteiger partial charge in [0.1, 0.15) is 29.9 Å². The first-order valence-electron chi connectivity index (χ1n) is 23.6. The van der Waals surface area contributed by atoms with Crippen LogP contribution in [-0.2, 0) is 35.8 Å². The van der Waals surface area contributed by atoms with Crippen molar-refractivity contribution in [1.29, 1.82) is 5.26 Å². The van der Waals surface area contributed by atoms with Gasteiger partial charge in [-0.15, -0.1) is 0 Å². The van der Waals surface area contributed by atoms with E-state index < -0.39 is 76.1 Å². The minimum atomic E-state index is -4.21. The molecule has 0 spiro atoms. The number of nitrogens with two attached hydrogens (primary N) is 2. The molecule has 20 heteroatoms. The number of ether oxygens (including phenoxy) is 2. The van der Waals surface area contributed by atoms with Gasteiger partial charge in [-0.25, -0.2) is 19.8 Å². The predicted octanol–water partition coefficient (Wildman–Crippen LogP) is 5.38. The normalized spacial score (nSPS) is 17.9. The molecule has 2 amide bonds. The third kappa shape index (κ3) is 14.7. The Morgan fingerprint density at radius 1 is 0.986 bits per heavy atom. The molecule has 1 aliphatic carbocycles. The topological polar surface area (TPSA) is 287 Å². The summed E-state index contributed by atoms with van der Waals surface area (Å²) in [6, 6.07) is 16.3. The smallest absolute Gasteiger partial charge is 0.274 e. The van der Waals surface area contributed by atoms with E-state index in [2.05, 4.69) is 20.0 Å². The van der Waals surface area contributed by atoms with Crippen molar-refractivity contribution in [3.8, 4) is 45.8 Å². The van der Waals surface area contributed by atoms with Crippen LogP contribution in [-0.4, -0.2) is 96.4 Å². The van der Waals surface area contributed by atoms with Gasteiger partial charge in [-0.2, -0.15) is 27.2 Å². The van der Waals surface area contributed by atoms with Crippen LogP contribution in [0.5, 0.6) is 17.2 Å². The van der Waals surface area contributed by atoms with Crippen molar-refractivity contribution in [3.63, 3.8) is 0 Å². The second-order valence-electron chi connectivity index (χ2n) is 18.1. The lowest BCUT2D eigenvalue weighted by atomic mass is 9.88. The zero-order chi connectivity index (χ0) is 50.7. The molecule has 3 aromatic carbocycles. The molecule has 4 aromatic rings. The summed E-state index contributed by atoms with van der Waals surface area (Å²) < 4.78 is 38.4. The molecule has 18 nitrogen and oxygen atoms in total. The van der Waals surface area contributed by atoms with E-state index >= 15 is 0 Å². The third-order valence-electron chi connectivity index (χ3n) is 12.8. The van der Waals surface area contributed by atoms with Crippen LogP contribution in [0.2, 0.25) is 0 Å². The van der Waals surface area contributed by atoms with Crippen LogP contribution < -0.4 is 30.4 Å². The minimum Gasteiger partial charge on any atom is -0.507 e. The fraction of sp³-hybridized carbons (Fsp3) is 0.451. The molecule has 2 aliphatic rings. The Bertz CT molecular complexity index is 2720. The summed E-state index contributed by atoms with van der Waals surface area (Å²) in [6.07, 6.45) is 4.46. The first kappa shape index (κ1) is 55.7. The number of fused-ring (bicyclic) bond motifs is 5. The Kier molecular flexibility index (Phi) is 19.8. The summed E-state index contributed by atoms with van der Waals surface area (Å²) in [5.74, 6) is -3.80. The van der Waals surface area contributed by atoms with E-state index in [4.69, 9.17) is 20.3 Å². The van der Waals surface area contributed by atoms with Crippen molar-refractivity contribution in [3.05, 3.63) is 88.7 Å². The number of aryl methyl sites for hydroxylation is 2. The number of Topliss-reactive ketones (excluding diaryl/α,β-unsaturated/α-hetero) is 3. The lowest BCUT2D eigenvalue weighted by molar-refractivity contribution is -0.142. The molecule has 0 unspecified atom stereocenters. The zero-order valence-corrected chi connectivity index (χ0v) is 42.3. The molecule has 71 heavy (non-hydrogen) atoms. The van der Waals surface area contributed by atoms with Crippen LogP contribution in [0.25, 0.3) is 22.5 Å². The van der Waals surface area contributed by atoms with Crippen molar-refractivity contribution >= 4 is 52.9 Å². The number of hydrogen-bond acceptors (Lipinski definition) is 14. The maximum atomic E-state index is 15.0. The number of phenols is 1. The molecule has 6 rings (SSSR count). The maximum Gasteiger partial charge on any atom is 0.274 e. The zero-order valence-electron chi connectivity index (χ0n) is 40.5. The van der Waals surface area contributed by atoms with E-state index in [9.17, 15) is 42.8 Å². The van der Waals surface area contributed by atoms with E-state index in [1.165, 1.54) is 31.4 Å². The quantitative estimate of drug-likeness (QED) is 0.0783. The molecule has 1 aromatic heterocycles. The number of carbonyl (C=O) groups is 5. The second kappa shape index (κ2) is 25.2. The van der Waals surface area contributed by atoms with Gasteiger partial charge in [0, 0.05) is 74.3 Å². The van der Waals surface area contributed by atoms with Gasteiger partial charge in [0.25, 0.3) is 10.2 Å². The number of nitrogens with one attached hydrogen (secondary N) is 2. The van der Waals surface area contributed by atoms with Crippen molar-refractivity contribution in [2.24, 2.45) is 22.7 Å². The van der Waals surface area contributed by atoms with Crippen molar-refractivity contribution in [2.45, 2.75) is 110 Å². The third-order valence-corrected chi connectivity index (χ3v) is 13.4. The molecule has 2 heterocycles. The number of ketones is 3. The average molecular weight is 1010 g/mol. The van der Waals surface area contributed by atoms with Crippen molar-refractivity contribution in [1.82, 2.24) is 24.9 Å². The Labute approximate surface area is 421 Å². The van der Waals surface area contributed by atoms with E-state index in [0.717, 1.165) is 31.4 Å². The molecule has 1 saturated carbocycles. The molecule has 4 atom stereocenters. The lowest BCUT2D eigenvalue weighted by Gasteiger charge is -2.32. The average Bonchev–Trinajstić information content (AvgIpc) is 3.32. The highest BCUT2D eigenvalue weighted by molar-refractivity contribution is 7.87. The molecule has 1 aliphatic heterocycles.